The van der Waals surface area contributed by atoms with Crippen LogP contribution >= 0.6 is 69.6 Å². The molecule has 0 unspecified atom stereocenters. The van der Waals surface area contributed by atoms with Crippen LogP contribution in [0.25, 0.3) is 0 Å². The van der Waals surface area contributed by atoms with Crippen LogP contribution in [-0.2, 0) is 0 Å². The predicted octanol–water partition coefficient (Wildman–Crippen LogP) is 4.12. The predicted molar refractivity (Wildman–Crippen MR) is 57.3 cm³/mol. The van der Waals surface area contributed by atoms with Gasteiger partial charge in [-0.15, -0.1) is 46.4 Å². The molecule has 0 spiro atoms. The minimum Gasteiger partial charge on any atom is -0.119 e. The molecule has 0 saturated heterocycles. The summed E-state index contributed by atoms with van der Waals surface area (Å²) in [5.41, 5.74) is 0. The molecule has 12 heavy (non-hydrogen) atoms. The van der Waals surface area contributed by atoms with Crippen LogP contribution in [0, 0.1) is 0 Å². The first-order chi connectivity index (χ1) is 5.46. The van der Waals surface area contributed by atoms with Crippen molar-refractivity contribution >= 4 is 69.6 Å². The van der Waals surface area contributed by atoms with Gasteiger partial charge in [0, 0.05) is 0 Å². The average molecular weight is 289 g/mol. The van der Waals surface area contributed by atoms with E-state index in [4.69, 9.17) is 69.6 Å². The summed E-state index contributed by atoms with van der Waals surface area (Å²) in [6, 6.07) is 0. The highest BCUT2D eigenvalue weighted by molar-refractivity contribution is 6.50. The molecule has 0 aromatic rings. The van der Waals surface area contributed by atoms with Crippen LogP contribution in [0.4, 0.5) is 0 Å². The molecular formula is C6H4Cl6. The summed E-state index contributed by atoms with van der Waals surface area (Å²) < 4.78 is 0. The smallest absolute Gasteiger partial charge is 0.0882 e. The van der Waals surface area contributed by atoms with Crippen LogP contribution in [0.5, 0.6) is 0 Å². The number of hydrogen-bond donors (Lipinski definition) is 0. The van der Waals surface area contributed by atoms with Crippen LogP contribution in [-0.4, -0.2) is 21.5 Å². The van der Waals surface area contributed by atoms with E-state index >= 15 is 0 Å². The van der Waals surface area contributed by atoms with E-state index in [1.165, 1.54) is 0 Å². The van der Waals surface area contributed by atoms with Gasteiger partial charge < -0.3 is 0 Å². The van der Waals surface area contributed by atoms with E-state index in [9.17, 15) is 0 Å². The Balaban J connectivity index is 3.00. The third-order valence-corrected chi connectivity index (χ3v) is 5.19. The van der Waals surface area contributed by atoms with Gasteiger partial charge in [0.2, 0.25) is 0 Å². The molecule has 6 heteroatoms. The highest BCUT2D eigenvalue weighted by atomic mass is 35.5. The number of rotatable bonds is 0. The molecule has 0 amide bonds. The van der Waals surface area contributed by atoms with Crippen molar-refractivity contribution in [3.8, 4) is 0 Å². The van der Waals surface area contributed by atoms with Crippen molar-refractivity contribution in [2.45, 2.75) is 21.5 Å². The Morgan fingerprint density at radius 2 is 0.917 bits per heavy atom. The Bertz CT molecular complexity index is 190. The van der Waals surface area contributed by atoms with E-state index in [0.717, 1.165) is 0 Å². The molecule has 1 aliphatic carbocycles. The third-order valence-electron chi connectivity index (χ3n) is 1.58. The van der Waals surface area contributed by atoms with Gasteiger partial charge in [-0.25, -0.2) is 0 Å². The molecule has 1 rings (SSSR count). The lowest BCUT2D eigenvalue weighted by Gasteiger charge is -2.30. The van der Waals surface area contributed by atoms with E-state index in [1.807, 2.05) is 0 Å². The molecular weight excluding hydrogens is 285 g/mol. The van der Waals surface area contributed by atoms with Crippen LogP contribution in [0.2, 0.25) is 0 Å². The van der Waals surface area contributed by atoms with E-state index in [2.05, 4.69) is 0 Å². The highest BCUT2D eigenvalue weighted by Gasteiger charge is 2.40. The molecule has 0 aromatic carbocycles. The maximum atomic E-state index is 5.85. The molecule has 0 fully saturated rings. The number of allylic oxidation sites excluding steroid dienone is 2. The highest BCUT2D eigenvalue weighted by Crippen LogP contribution is 2.41. The fraction of sp³-hybridized carbons (Fsp3) is 0.667. The van der Waals surface area contributed by atoms with Gasteiger partial charge in [-0.1, -0.05) is 23.2 Å². The van der Waals surface area contributed by atoms with Crippen molar-refractivity contribution in [3.05, 3.63) is 10.1 Å². The standard InChI is InChI=1S/C6H4Cl6/c7-1-2(8)4(10)6(12)5(11)3(1)9/h1-4H/t1-,2-,3+,4+/m1/s1. The van der Waals surface area contributed by atoms with Crippen LogP contribution in [0.15, 0.2) is 10.1 Å². The van der Waals surface area contributed by atoms with Crippen molar-refractivity contribution in [1.82, 2.24) is 0 Å². The molecule has 1 aliphatic rings. The molecule has 0 radical (unpaired) electrons. The van der Waals surface area contributed by atoms with Gasteiger partial charge in [0.05, 0.1) is 31.6 Å². The SMILES string of the molecule is ClC1=C(Cl)[C@@H](Cl)[C@H](Cl)[C@@H](Cl)[C@@H]1Cl. The van der Waals surface area contributed by atoms with Crippen molar-refractivity contribution in [1.29, 1.82) is 0 Å². The molecule has 70 valence electrons. The Kier molecular flexibility index (Phi) is 4.17. The number of halogens is 6. The zero-order valence-electron chi connectivity index (χ0n) is 5.58. The second-order valence-electron chi connectivity index (χ2n) is 2.39. The van der Waals surface area contributed by atoms with Crippen molar-refractivity contribution < 1.29 is 0 Å². The second-order valence-corrected chi connectivity index (χ2v) is 5.15. The van der Waals surface area contributed by atoms with Gasteiger partial charge in [0.25, 0.3) is 0 Å². The zero-order valence-corrected chi connectivity index (χ0v) is 10.1. The number of hydrogen-bond acceptors (Lipinski definition) is 0. The monoisotopic (exact) mass is 286 g/mol. The average Bonchev–Trinajstić information content (AvgIpc) is 2.08. The Labute approximate surface area is 101 Å². The molecule has 0 N–H and O–H groups in total. The van der Waals surface area contributed by atoms with Crippen LogP contribution < -0.4 is 0 Å². The van der Waals surface area contributed by atoms with Gasteiger partial charge in [-0.2, -0.15) is 0 Å². The molecule has 0 nitrogen and oxygen atoms in total. The summed E-state index contributed by atoms with van der Waals surface area (Å²) >= 11 is 34.9. The topological polar surface area (TPSA) is 0 Å². The van der Waals surface area contributed by atoms with Crippen molar-refractivity contribution in [3.63, 3.8) is 0 Å². The lowest BCUT2D eigenvalue weighted by atomic mass is 10.1. The van der Waals surface area contributed by atoms with E-state index < -0.39 is 21.5 Å². The largest absolute Gasteiger partial charge is 0.119 e. The minimum atomic E-state index is -0.557. The summed E-state index contributed by atoms with van der Waals surface area (Å²) in [5.74, 6) is 0. The quantitative estimate of drug-likeness (QED) is 0.588. The molecule has 4 atom stereocenters. The minimum absolute atomic E-state index is 0.287. The summed E-state index contributed by atoms with van der Waals surface area (Å²) in [6.45, 7) is 0. The first-order valence-corrected chi connectivity index (χ1v) is 5.58. The van der Waals surface area contributed by atoms with Crippen LogP contribution in [0.3, 0.4) is 0 Å². The third kappa shape index (κ3) is 1.94. The lowest BCUT2D eigenvalue weighted by Crippen LogP contribution is -2.38. The fourth-order valence-corrected chi connectivity index (χ4v) is 2.85. The normalized spacial score (nSPS) is 43.5. The maximum Gasteiger partial charge on any atom is 0.0882 e. The molecule has 0 aromatic heterocycles. The van der Waals surface area contributed by atoms with Gasteiger partial charge in [0.1, 0.15) is 0 Å². The van der Waals surface area contributed by atoms with Gasteiger partial charge in [-0.3, -0.25) is 0 Å². The van der Waals surface area contributed by atoms with Crippen LogP contribution in [0.1, 0.15) is 0 Å². The first kappa shape index (κ1) is 11.6. The van der Waals surface area contributed by atoms with Crippen molar-refractivity contribution in [2.24, 2.45) is 0 Å². The van der Waals surface area contributed by atoms with E-state index in [0.29, 0.717) is 0 Å². The zero-order chi connectivity index (χ0) is 9.46. The van der Waals surface area contributed by atoms with E-state index in [1.54, 1.807) is 0 Å². The van der Waals surface area contributed by atoms with Gasteiger partial charge >= 0.3 is 0 Å². The fourth-order valence-electron chi connectivity index (χ4n) is 0.866. The van der Waals surface area contributed by atoms with Gasteiger partial charge in [-0.05, 0) is 0 Å². The maximum absolute atomic E-state index is 5.85. The first-order valence-electron chi connectivity index (χ1n) is 3.08. The van der Waals surface area contributed by atoms with Gasteiger partial charge in [0.15, 0.2) is 0 Å². The molecule has 0 saturated carbocycles. The summed E-state index contributed by atoms with van der Waals surface area (Å²) in [7, 11) is 0. The summed E-state index contributed by atoms with van der Waals surface area (Å²) in [4.78, 5) is 0. The Morgan fingerprint density at radius 1 is 0.667 bits per heavy atom. The molecule has 0 heterocycles. The summed E-state index contributed by atoms with van der Waals surface area (Å²) in [5, 5.41) is -1.53. The Morgan fingerprint density at radius 3 is 1.17 bits per heavy atom. The van der Waals surface area contributed by atoms with E-state index in [-0.39, 0.29) is 10.1 Å². The van der Waals surface area contributed by atoms with Crippen molar-refractivity contribution in [2.75, 3.05) is 0 Å². The summed E-state index contributed by atoms with van der Waals surface area (Å²) in [6.07, 6.45) is 0. The lowest BCUT2D eigenvalue weighted by molar-refractivity contribution is 0.742. The Hall–Kier alpha value is 1.48. The molecule has 0 bridgehead atoms. The molecule has 0 aliphatic heterocycles. The number of alkyl halides is 4. The second kappa shape index (κ2) is 4.33.